The van der Waals surface area contributed by atoms with Crippen LogP contribution in [-0.4, -0.2) is 19.6 Å². The molecule has 5 aromatic carbocycles. The number of benzene rings is 5. The number of fused-ring (bicyclic) bond motifs is 4. The van der Waals surface area contributed by atoms with E-state index in [0.29, 0.717) is 22.7 Å². The molecule has 0 amide bonds. The SMILES string of the molecule is CC(C)(C)c1ccnc(-n2c3[c-]c(Oc4nc5c(O)c(-c6ccccc6)ccc5cc4-c4ccccc4)ccc3c3ccccc32)c1.[Pt]. The summed E-state index contributed by atoms with van der Waals surface area (Å²) in [5.74, 6) is 1.83. The van der Waals surface area contributed by atoms with E-state index in [0.717, 1.165) is 49.7 Å². The van der Waals surface area contributed by atoms with Gasteiger partial charge in [0.2, 0.25) is 5.88 Å². The number of aromatic hydroxyl groups is 1. The second kappa shape index (κ2) is 12.4. The Balaban J connectivity index is 0.00000364. The predicted octanol–water partition coefficient (Wildman–Crippen LogP) is 10.7. The van der Waals surface area contributed by atoms with Gasteiger partial charge in [0, 0.05) is 55.0 Å². The summed E-state index contributed by atoms with van der Waals surface area (Å²) in [5.41, 5.74) is 6.95. The summed E-state index contributed by atoms with van der Waals surface area (Å²) in [7, 11) is 0. The molecule has 0 atom stereocenters. The van der Waals surface area contributed by atoms with Gasteiger partial charge in [-0.2, -0.15) is 6.07 Å². The number of hydrogen-bond donors (Lipinski definition) is 1. The Bertz CT molecular complexity index is 2430. The summed E-state index contributed by atoms with van der Waals surface area (Å²) in [6.45, 7) is 6.62. The van der Waals surface area contributed by atoms with E-state index in [-0.39, 0.29) is 32.2 Å². The molecule has 238 valence electrons. The molecule has 0 spiro atoms. The minimum absolute atomic E-state index is 0. The van der Waals surface area contributed by atoms with E-state index < -0.39 is 0 Å². The zero-order chi connectivity index (χ0) is 32.1. The van der Waals surface area contributed by atoms with Crippen LogP contribution in [0.5, 0.6) is 17.4 Å². The molecule has 0 saturated carbocycles. The molecule has 0 aliphatic rings. The van der Waals surface area contributed by atoms with Gasteiger partial charge in [-0.25, -0.2) is 9.97 Å². The maximum absolute atomic E-state index is 11.5. The minimum Gasteiger partial charge on any atom is -0.505 e. The van der Waals surface area contributed by atoms with Crippen molar-refractivity contribution in [1.29, 1.82) is 0 Å². The van der Waals surface area contributed by atoms with Crippen LogP contribution in [0.15, 0.2) is 134 Å². The van der Waals surface area contributed by atoms with Crippen LogP contribution in [0.2, 0.25) is 0 Å². The summed E-state index contributed by atoms with van der Waals surface area (Å²) in [5, 5.41) is 14.5. The summed E-state index contributed by atoms with van der Waals surface area (Å²) < 4.78 is 8.78. The van der Waals surface area contributed by atoms with Crippen molar-refractivity contribution in [3.05, 3.63) is 145 Å². The molecule has 8 rings (SSSR count). The Hall–Kier alpha value is -5.25. The van der Waals surface area contributed by atoms with Crippen LogP contribution in [0.4, 0.5) is 0 Å². The van der Waals surface area contributed by atoms with Gasteiger partial charge in [-0.05, 0) is 57.8 Å². The quantitative estimate of drug-likeness (QED) is 0.176. The van der Waals surface area contributed by atoms with Crippen LogP contribution in [0.3, 0.4) is 0 Å². The maximum Gasteiger partial charge on any atom is 0.225 e. The predicted molar refractivity (Wildman–Crippen MR) is 190 cm³/mol. The average molecular weight is 806 g/mol. The van der Waals surface area contributed by atoms with Crippen LogP contribution in [0, 0.1) is 6.07 Å². The molecule has 8 aromatic rings. The van der Waals surface area contributed by atoms with Crippen molar-refractivity contribution in [2.45, 2.75) is 26.2 Å². The smallest absolute Gasteiger partial charge is 0.225 e. The number of hydrogen-bond acceptors (Lipinski definition) is 4. The van der Waals surface area contributed by atoms with Gasteiger partial charge < -0.3 is 14.4 Å². The molecule has 1 N–H and O–H groups in total. The van der Waals surface area contributed by atoms with Crippen molar-refractivity contribution < 1.29 is 30.9 Å². The van der Waals surface area contributed by atoms with Gasteiger partial charge in [0.15, 0.2) is 0 Å². The zero-order valence-electron chi connectivity index (χ0n) is 26.7. The Morgan fingerprint density at radius 3 is 2.12 bits per heavy atom. The van der Waals surface area contributed by atoms with Crippen LogP contribution >= 0.6 is 0 Å². The van der Waals surface area contributed by atoms with Crippen molar-refractivity contribution in [1.82, 2.24) is 14.5 Å². The van der Waals surface area contributed by atoms with Gasteiger partial charge in [0.1, 0.15) is 17.1 Å². The van der Waals surface area contributed by atoms with Crippen LogP contribution in [-0.2, 0) is 26.5 Å². The number of rotatable bonds is 5. The van der Waals surface area contributed by atoms with E-state index >= 15 is 0 Å². The zero-order valence-corrected chi connectivity index (χ0v) is 29.0. The van der Waals surface area contributed by atoms with E-state index in [1.54, 1.807) is 0 Å². The molecule has 3 aromatic heterocycles. The first-order chi connectivity index (χ1) is 22.8. The van der Waals surface area contributed by atoms with Crippen molar-refractivity contribution >= 4 is 32.7 Å². The molecule has 0 saturated heterocycles. The molecule has 5 nitrogen and oxygen atoms in total. The van der Waals surface area contributed by atoms with Gasteiger partial charge in [0.25, 0.3) is 0 Å². The van der Waals surface area contributed by atoms with Gasteiger partial charge in [-0.1, -0.05) is 111 Å². The monoisotopic (exact) mass is 805 g/mol. The fourth-order valence-corrected chi connectivity index (χ4v) is 6.24. The second-order valence-electron chi connectivity index (χ2n) is 12.8. The topological polar surface area (TPSA) is 60.2 Å². The molecule has 0 aliphatic carbocycles. The number of pyridine rings is 2. The van der Waals surface area contributed by atoms with E-state index in [1.807, 2.05) is 97.2 Å². The molecule has 0 fully saturated rings. The van der Waals surface area contributed by atoms with Gasteiger partial charge in [-0.3, -0.25) is 0 Å². The molecule has 0 aliphatic heterocycles. The summed E-state index contributed by atoms with van der Waals surface area (Å²) in [6.07, 6.45) is 1.87. The number of nitrogens with zero attached hydrogens (tertiary/aromatic N) is 3. The van der Waals surface area contributed by atoms with E-state index in [9.17, 15) is 5.11 Å². The Kier molecular flexibility index (Phi) is 8.10. The largest absolute Gasteiger partial charge is 0.505 e. The third-order valence-corrected chi connectivity index (χ3v) is 8.70. The van der Waals surface area contributed by atoms with Crippen molar-refractivity contribution in [3.8, 4) is 45.5 Å². The Morgan fingerprint density at radius 2 is 1.40 bits per heavy atom. The fourth-order valence-electron chi connectivity index (χ4n) is 6.24. The van der Waals surface area contributed by atoms with E-state index in [4.69, 9.17) is 14.7 Å². The first-order valence-electron chi connectivity index (χ1n) is 15.7. The van der Waals surface area contributed by atoms with Crippen LogP contribution in [0.1, 0.15) is 26.3 Å². The Morgan fingerprint density at radius 1 is 0.708 bits per heavy atom. The molecule has 0 unspecified atom stereocenters. The molecule has 0 radical (unpaired) electrons. The molecule has 48 heavy (non-hydrogen) atoms. The van der Waals surface area contributed by atoms with Gasteiger partial charge in [0.05, 0.1) is 0 Å². The normalized spacial score (nSPS) is 11.6. The van der Waals surface area contributed by atoms with Gasteiger partial charge in [-0.15, -0.1) is 17.5 Å². The fraction of sp³-hybridized carbons (Fsp3) is 0.0952. The van der Waals surface area contributed by atoms with E-state index in [2.05, 4.69) is 67.8 Å². The van der Waals surface area contributed by atoms with E-state index in [1.165, 1.54) is 5.56 Å². The molecular formula is C42H32N3O2Pt-. The number of phenols is 1. The van der Waals surface area contributed by atoms with Crippen molar-refractivity contribution in [3.63, 3.8) is 0 Å². The maximum atomic E-state index is 11.5. The standard InChI is InChI=1S/C42H32N3O2.Pt/c1-42(2,3)30-22-23-43-38(25-30)45-36-17-11-10-16-33(36)34-21-19-31(26-37(34)45)47-41-35(28-14-8-5-9-15-28)24-29-18-20-32(40(46)39(29)44-41)27-12-6-4-7-13-27;/h4-25,46H,1-3H3;/q-1;. The summed E-state index contributed by atoms with van der Waals surface area (Å²) >= 11 is 0. The number of aromatic nitrogens is 3. The summed E-state index contributed by atoms with van der Waals surface area (Å²) in [4.78, 5) is 9.77. The third kappa shape index (κ3) is 5.55. The van der Waals surface area contributed by atoms with Crippen LogP contribution in [0.25, 0.3) is 60.8 Å². The number of phenolic OH excluding ortho intramolecular Hbond substituents is 1. The number of ether oxygens (including phenoxy) is 1. The average Bonchev–Trinajstić information content (AvgIpc) is 3.42. The molecule has 6 heteroatoms. The minimum atomic E-state index is -0.0318. The first-order valence-corrected chi connectivity index (χ1v) is 15.7. The first kappa shape index (κ1) is 31.4. The summed E-state index contributed by atoms with van der Waals surface area (Å²) in [6, 6.07) is 46.0. The van der Waals surface area contributed by atoms with Crippen LogP contribution < -0.4 is 4.74 Å². The van der Waals surface area contributed by atoms with Crippen molar-refractivity contribution in [2.75, 3.05) is 0 Å². The molecule has 0 bridgehead atoms. The Labute approximate surface area is 293 Å². The second-order valence-corrected chi connectivity index (χ2v) is 12.8. The van der Waals surface area contributed by atoms with Crippen molar-refractivity contribution in [2.24, 2.45) is 0 Å². The molecule has 3 heterocycles. The molecular weight excluding hydrogens is 774 g/mol. The van der Waals surface area contributed by atoms with Gasteiger partial charge >= 0.3 is 0 Å². The number of para-hydroxylation sites is 1. The third-order valence-electron chi connectivity index (χ3n) is 8.70.